The van der Waals surface area contributed by atoms with E-state index in [0.29, 0.717) is 20.1 Å². The van der Waals surface area contributed by atoms with E-state index in [1.165, 1.54) is 35.2 Å². The van der Waals surface area contributed by atoms with Crippen LogP contribution in [0, 0.1) is 5.82 Å². The number of benzene rings is 1. The fourth-order valence-corrected chi connectivity index (χ4v) is 3.56. The van der Waals surface area contributed by atoms with Crippen molar-refractivity contribution >= 4 is 57.5 Å². The summed E-state index contributed by atoms with van der Waals surface area (Å²) in [4.78, 5) is 17.6. The number of nitrogens with zero attached hydrogens (tertiary/aromatic N) is 1. The van der Waals surface area contributed by atoms with Crippen LogP contribution in [0.1, 0.15) is 4.88 Å². The summed E-state index contributed by atoms with van der Waals surface area (Å²) in [6.45, 7) is 0. The number of thiophene rings is 1. The molecule has 0 bridgehead atoms. The number of amidine groups is 1. The second-order valence-corrected chi connectivity index (χ2v) is 6.88. The van der Waals surface area contributed by atoms with E-state index >= 15 is 0 Å². The van der Waals surface area contributed by atoms with E-state index in [1.54, 1.807) is 24.3 Å². The number of rotatable bonds is 2. The maximum Gasteiger partial charge on any atom is 0.264 e. The molecule has 3 rings (SSSR count). The maximum atomic E-state index is 12.8. The third kappa shape index (κ3) is 3.53. The Balaban J connectivity index is 1.81. The molecular weight excluding hydrogens is 331 g/mol. The Bertz CT molecular complexity index is 753. The summed E-state index contributed by atoms with van der Waals surface area (Å²) in [5, 5.41) is 3.15. The van der Waals surface area contributed by atoms with E-state index in [1.807, 2.05) is 6.07 Å². The molecule has 1 aliphatic heterocycles. The van der Waals surface area contributed by atoms with Gasteiger partial charge in [0.15, 0.2) is 5.17 Å². The molecule has 1 aromatic heterocycles. The second-order valence-electron chi connectivity index (χ2n) is 4.10. The standard InChI is InChI=1S/C14H8ClFN2OS2/c15-12-6-5-10(20-12)7-11-13(19)18-14(21-11)17-9-3-1-8(16)2-4-9/h1-7H,(H,17,18,19)/b11-7-. The Morgan fingerprint density at radius 1 is 1.19 bits per heavy atom. The minimum absolute atomic E-state index is 0.203. The van der Waals surface area contributed by atoms with Crippen LogP contribution < -0.4 is 5.32 Å². The van der Waals surface area contributed by atoms with Gasteiger partial charge in [-0.25, -0.2) is 9.38 Å². The molecule has 0 spiro atoms. The lowest BCUT2D eigenvalue weighted by molar-refractivity contribution is -0.115. The van der Waals surface area contributed by atoms with Gasteiger partial charge in [-0.2, -0.15) is 0 Å². The molecule has 2 heterocycles. The smallest absolute Gasteiger partial charge is 0.264 e. The van der Waals surface area contributed by atoms with E-state index in [2.05, 4.69) is 10.3 Å². The Hall–Kier alpha value is -1.63. The Kier molecular flexibility index (Phi) is 4.10. The number of hydrogen-bond acceptors (Lipinski definition) is 4. The normalized spacial score (nSPS) is 18.5. The van der Waals surface area contributed by atoms with Gasteiger partial charge in [0.05, 0.1) is 14.9 Å². The van der Waals surface area contributed by atoms with E-state index in [0.717, 1.165) is 4.88 Å². The molecule has 0 aliphatic carbocycles. The fourth-order valence-electron chi connectivity index (χ4n) is 1.65. The molecule has 0 radical (unpaired) electrons. The number of carbonyl (C=O) groups excluding carboxylic acids is 1. The summed E-state index contributed by atoms with van der Waals surface area (Å²) < 4.78 is 13.5. The van der Waals surface area contributed by atoms with Gasteiger partial charge in [0.1, 0.15) is 5.82 Å². The van der Waals surface area contributed by atoms with Gasteiger partial charge in [-0.15, -0.1) is 11.3 Å². The zero-order chi connectivity index (χ0) is 14.8. The SMILES string of the molecule is O=C1NC(=Nc2ccc(F)cc2)S/C1=C\c1ccc(Cl)s1. The van der Waals surface area contributed by atoms with Gasteiger partial charge in [0.2, 0.25) is 0 Å². The topological polar surface area (TPSA) is 41.5 Å². The lowest BCUT2D eigenvalue weighted by Gasteiger charge is -1.95. The van der Waals surface area contributed by atoms with E-state index in [4.69, 9.17) is 11.6 Å². The number of aliphatic imine (C=N–C) groups is 1. The largest absolute Gasteiger partial charge is 0.300 e. The minimum atomic E-state index is -0.322. The first-order valence-electron chi connectivity index (χ1n) is 5.91. The van der Waals surface area contributed by atoms with Crippen molar-refractivity contribution in [3.05, 3.63) is 56.3 Å². The van der Waals surface area contributed by atoms with Crippen LogP contribution in [0.4, 0.5) is 10.1 Å². The van der Waals surface area contributed by atoms with Crippen molar-refractivity contribution in [2.45, 2.75) is 0 Å². The molecule has 1 fully saturated rings. The van der Waals surface area contributed by atoms with Crippen LogP contribution >= 0.6 is 34.7 Å². The first-order chi connectivity index (χ1) is 10.1. The number of carbonyl (C=O) groups is 1. The molecule has 0 unspecified atom stereocenters. The summed E-state index contributed by atoms with van der Waals surface area (Å²) >= 11 is 8.50. The molecule has 3 nitrogen and oxygen atoms in total. The molecule has 1 aliphatic rings. The lowest BCUT2D eigenvalue weighted by Crippen LogP contribution is -2.19. The molecule has 0 atom stereocenters. The number of nitrogens with one attached hydrogen (secondary N) is 1. The van der Waals surface area contributed by atoms with Gasteiger partial charge in [0, 0.05) is 4.88 Å². The molecule has 106 valence electrons. The van der Waals surface area contributed by atoms with Crippen molar-refractivity contribution in [3.8, 4) is 0 Å². The lowest BCUT2D eigenvalue weighted by atomic mass is 10.3. The van der Waals surface area contributed by atoms with E-state index < -0.39 is 0 Å². The monoisotopic (exact) mass is 338 g/mol. The predicted molar refractivity (Wildman–Crippen MR) is 86.5 cm³/mol. The van der Waals surface area contributed by atoms with Gasteiger partial charge < -0.3 is 5.32 Å². The molecule has 0 saturated carbocycles. The number of halogens is 2. The summed E-state index contributed by atoms with van der Waals surface area (Å²) in [5.41, 5.74) is 0.583. The maximum absolute atomic E-state index is 12.8. The first kappa shape index (κ1) is 14.3. The molecular formula is C14H8ClFN2OS2. The highest BCUT2D eigenvalue weighted by atomic mass is 35.5. The molecule has 1 amide bonds. The van der Waals surface area contributed by atoms with Crippen molar-refractivity contribution in [1.29, 1.82) is 0 Å². The number of amides is 1. The molecule has 2 aromatic rings. The summed E-state index contributed by atoms with van der Waals surface area (Å²) in [6.07, 6.45) is 1.77. The van der Waals surface area contributed by atoms with Gasteiger partial charge >= 0.3 is 0 Å². The Labute approximate surface area is 133 Å². The third-order valence-electron chi connectivity index (χ3n) is 2.58. The van der Waals surface area contributed by atoms with E-state index in [9.17, 15) is 9.18 Å². The van der Waals surface area contributed by atoms with Crippen molar-refractivity contribution in [1.82, 2.24) is 5.32 Å². The molecule has 1 aromatic carbocycles. The minimum Gasteiger partial charge on any atom is -0.300 e. The van der Waals surface area contributed by atoms with Crippen molar-refractivity contribution in [3.63, 3.8) is 0 Å². The van der Waals surface area contributed by atoms with Crippen LogP contribution in [0.5, 0.6) is 0 Å². The number of thioether (sulfide) groups is 1. The second kappa shape index (κ2) is 6.01. The van der Waals surface area contributed by atoms with Crippen LogP contribution in [0.3, 0.4) is 0 Å². The Morgan fingerprint density at radius 3 is 2.62 bits per heavy atom. The molecule has 1 N–H and O–H groups in total. The van der Waals surface area contributed by atoms with Crippen LogP contribution in [-0.2, 0) is 4.79 Å². The summed E-state index contributed by atoms with van der Waals surface area (Å²) in [6, 6.07) is 9.38. The first-order valence-corrected chi connectivity index (χ1v) is 7.92. The van der Waals surface area contributed by atoms with Crippen molar-refractivity contribution in [2.75, 3.05) is 0 Å². The van der Waals surface area contributed by atoms with E-state index in [-0.39, 0.29) is 11.7 Å². The Morgan fingerprint density at radius 2 is 1.95 bits per heavy atom. The molecule has 7 heteroatoms. The van der Waals surface area contributed by atoms with Crippen LogP contribution in [-0.4, -0.2) is 11.1 Å². The van der Waals surface area contributed by atoms with Crippen LogP contribution in [0.2, 0.25) is 4.34 Å². The van der Waals surface area contributed by atoms with Gasteiger partial charge in [-0.1, -0.05) is 11.6 Å². The third-order valence-corrected chi connectivity index (χ3v) is 4.66. The van der Waals surface area contributed by atoms with Crippen LogP contribution in [0.25, 0.3) is 6.08 Å². The summed E-state index contributed by atoms with van der Waals surface area (Å²) in [5.74, 6) is -0.525. The zero-order valence-corrected chi connectivity index (χ0v) is 12.9. The zero-order valence-electron chi connectivity index (χ0n) is 10.5. The fraction of sp³-hybridized carbons (Fsp3) is 0. The average Bonchev–Trinajstić information content (AvgIpc) is 3.00. The van der Waals surface area contributed by atoms with Gasteiger partial charge in [-0.3, -0.25) is 4.79 Å². The van der Waals surface area contributed by atoms with Crippen molar-refractivity contribution in [2.24, 2.45) is 4.99 Å². The number of hydrogen-bond donors (Lipinski definition) is 1. The molecule has 1 saturated heterocycles. The van der Waals surface area contributed by atoms with Gasteiger partial charge in [-0.05, 0) is 54.2 Å². The highest BCUT2D eigenvalue weighted by Crippen LogP contribution is 2.30. The van der Waals surface area contributed by atoms with Crippen LogP contribution in [0.15, 0.2) is 46.3 Å². The predicted octanol–water partition coefficient (Wildman–Crippen LogP) is 4.43. The highest BCUT2D eigenvalue weighted by molar-refractivity contribution is 8.18. The van der Waals surface area contributed by atoms with Gasteiger partial charge in [0.25, 0.3) is 5.91 Å². The molecule has 21 heavy (non-hydrogen) atoms. The average molecular weight is 339 g/mol. The van der Waals surface area contributed by atoms with Crippen molar-refractivity contribution < 1.29 is 9.18 Å². The quantitative estimate of drug-likeness (QED) is 0.823. The summed E-state index contributed by atoms with van der Waals surface area (Å²) in [7, 11) is 0. The highest BCUT2D eigenvalue weighted by Gasteiger charge is 2.23.